The molecule has 24 heavy (non-hydrogen) atoms. The molecule has 1 aliphatic heterocycles. The van der Waals surface area contributed by atoms with Crippen LogP contribution < -0.4 is 5.32 Å². The summed E-state index contributed by atoms with van der Waals surface area (Å²) in [6.07, 6.45) is 0.0235. The third-order valence-corrected chi connectivity index (χ3v) is 4.30. The average molecular weight is 353 g/mol. The van der Waals surface area contributed by atoms with E-state index in [2.05, 4.69) is 10.3 Å². The number of halogens is 1. The lowest BCUT2D eigenvalue weighted by molar-refractivity contribution is -0.148. The zero-order valence-corrected chi connectivity index (χ0v) is 13.5. The van der Waals surface area contributed by atoms with Crippen molar-refractivity contribution >= 4 is 34.4 Å². The van der Waals surface area contributed by atoms with Gasteiger partial charge in [-0.15, -0.1) is 0 Å². The molecule has 1 fully saturated rings. The van der Waals surface area contributed by atoms with E-state index in [1.165, 1.54) is 0 Å². The Hall–Kier alpha value is -2.09. The Morgan fingerprint density at radius 2 is 2.21 bits per heavy atom. The molecule has 0 unspecified atom stereocenters. The number of rotatable bonds is 5. The fourth-order valence-corrected chi connectivity index (χ4v) is 3.02. The highest BCUT2D eigenvalue weighted by Gasteiger charge is 2.30. The predicted octanol–water partition coefficient (Wildman–Crippen LogP) is 1.81. The Kier molecular flexibility index (Phi) is 5.03. The minimum Gasteiger partial charge on any atom is -0.480 e. The third kappa shape index (κ3) is 3.53. The van der Waals surface area contributed by atoms with Crippen LogP contribution in [0.1, 0.15) is 16.9 Å². The van der Waals surface area contributed by atoms with Crippen molar-refractivity contribution in [3.63, 3.8) is 0 Å². The lowest BCUT2D eigenvalue weighted by Crippen LogP contribution is -2.50. The van der Waals surface area contributed by atoms with Crippen LogP contribution >= 0.6 is 11.6 Å². The monoisotopic (exact) mass is 352 g/mol. The van der Waals surface area contributed by atoms with Gasteiger partial charge in [0.25, 0.3) is 5.91 Å². The normalized spacial score (nSPS) is 20.9. The van der Waals surface area contributed by atoms with Gasteiger partial charge in [-0.25, -0.2) is 4.79 Å². The summed E-state index contributed by atoms with van der Waals surface area (Å²) >= 11 is 6.28. The van der Waals surface area contributed by atoms with Gasteiger partial charge in [-0.1, -0.05) is 29.8 Å². The molecule has 8 heteroatoms. The third-order valence-electron chi connectivity index (χ3n) is 3.91. The van der Waals surface area contributed by atoms with Gasteiger partial charge in [0.05, 0.1) is 17.7 Å². The number of fused-ring (bicyclic) bond motifs is 1. The van der Waals surface area contributed by atoms with E-state index in [0.717, 1.165) is 10.9 Å². The van der Waals surface area contributed by atoms with Gasteiger partial charge < -0.3 is 24.9 Å². The Bertz CT molecular complexity index is 760. The first-order valence-electron chi connectivity index (χ1n) is 7.54. The molecule has 7 nitrogen and oxygen atoms in total. The fraction of sp³-hybridized carbons (Fsp3) is 0.375. The first kappa shape index (κ1) is 16.8. The molecule has 1 saturated heterocycles. The Labute approximate surface area is 142 Å². The molecule has 0 aliphatic carbocycles. The van der Waals surface area contributed by atoms with Gasteiger partial charge in [-0.3, -0.25) is 4.79 Å². The summed E-state index contributed by atoms with van der Waals surface area (Å²) in [7, 11) is 0. The molecule has 0 bridgehead atoms. The summed E-state index contributed by atoms with van der Waals surface area (Å²) in [6, 6.07) is 7.03. The maximum atomic E-state index is 12.5. The van der Waals surface area contributed by atoms with Crippen molar-refractivity contribution in [1.29, 1.82) is 0 Å². The summed E-state index contributed by atoms with van der Waals surface area (Å²) in [6.45, 7) is 0.268. The number of benzene rings is 1. The lowest BCUT2D eigenvalue weighted by Gasteiger charge is -2.31. The van der Waals surface area contributed by atoms with Gasteiger partial charge in [0.2, 0.25) is 0 Å². The van der Waals surface area contributed by atoms with Crippen molar-refractivity contribution in [3.8, 4) is 0 Å². The highest BCUT2D eigenvalue weighted by Crippen LogP contribution is 2.27. The Morgan fingerprint density at radius 1 is 1.42 bits per heavy atom. The first-order chi connectivity index (χ1) is 11.6. The molecular weight excluding hydrogens is 336 g/mol. The quantitative estimate of drug-likeness (QED) is 0.762. The SMILES string of the molecule is O=C(O)CO[C@@H]1COCC[C@H]1NC(=O)c1[nH]c2ccccc2c1Cl. The van der Waals surface area contributed by atoms with Crippen LogP contribution in [0.5, 0.6) is 0 Å². The minimum atomic E-state index is -1.07. The molecule has 1 aromatic carbocycles. The first-order valence-corrected chi connectivity index (χ1v) is 7.92. The van der Waals surface area contributed by atoms with Crippen molar-refractivity contribution in [3.05, 3.63) is 35.0 Å². The minimum absolute atomic E-state index is 0.235. The van der Waals surface area contributed by atoms with Gasteiger partial charge in [0.15, 0.2) is 0 Å². The number of para-hydroxylation sites is 1. The summed E-state index contributed by atoms with van der Waals surface area (Å²) in [5.74, 6) is -1.42. The molecule has 0 radical (unpaired) electrons. The number of hydrogen-bond acceptors (Lipinski definition) is 4. The highest BCUT2D eigenvalue weighted by molar-refractivity contribution is 6.38. The molecule has 3 N–H and O–H groups in total. The van der Waals surface area contributed by atoms with Crippen molar-refractivity contribution in [1.82, 2.24) is 10.3 Å². The number of carbonyl (C=O) groups excluding carboxylic acids is 1. The molecule has 3 rings (SSSR count). The number of hydrogen-bond donors (Lipinski definition) is 3. The number of nitrogens with one attached hydrogen (secondary N) is 2. The van der Waals surface area contributed by atoms with Crippen molar-refractivity contribution < 1.29 is 24.2 Å². The molecule has 128 valence electrons. The van der Waals surface area contributed by atoms with Gasteiger partial charge in [0, 0.05) is 17.5 Å². The van der Waals surface area contributed by atoms with Gasteiger partial charge in [0.1, 0.15) is 18.4 Å². The Balaban J connectivity index is 1.74. The predicted molar refractivity (Wildman–Crippen MR) is 87.4 cm³/mol. The van der Waals surface area contributed by atoms with Crippen LogP contribution in [0, 0.1) is 0 Å². The molecule has 2 heterocycles. The van der Waals surface area contributed by atoms with E-state index in [0.29, 0.717) is 18.1 Å². The van der Waals surface area contributed by atoms with Crippen LogP contribution in [0.3, 0.4) is 0 Å². The largest absolute Gasteiger partial charge is 0.480 e. The zero-order valence-electron chi connectivity index (χ0n) is 12.8. The van der Waals surface area contributed by atoms with Crippen LogP contribution in [0.4, 0.5) is 0 Å². The topological polar surface area (TPSA) is 101 Å². The molecule has 2 aromatic rings. The summed E-state index contributed by atoms with van der Waals surface area (Å²) in [4.78, 5) is 26.2. The molecular formula is C16H17ClN2O5. The van der Waals surface area contributed by atoms with Gasteiger partial charge in [-0.05, 0) is 12.5 Å². The standard InChI is InChI=1S/C16H17ClN2O5/c17-14-9-3-1-2-4-10(9)18-15(14)16(22)19-11-5-6-23-7-12(11)24-8-13(20)21/h1-4,11-12,18H,5-8H2,(H,19,22)(H,20,21)/t11-,12-/m1/s1. The smallest absolute Gasteiger partial charge is 0.329 e. The second kappa shape index (κ2) is 7.21. The fourth-order valence-electron chi connectivity index (χ4n) is 2.72. The lowest BCUT2D eigenvalue weighted by atomic mass is 10.1. The molecule has 0 spiro atoms. The number of amides is 1. The van der Waals surface area contributed by atoms with E-state index in [1.54, 1.807) is 0 Å². The van der Waals surface area contributed by atoms with Crippen molar-refractivity contribution in [2.75, 3.05) is 19.8 Å². The summed E-state index contributed by atoms with van der Waals surface area (Å²) in [5.41, 5.74) is 1.06. The average Bonchev–Trinajstić information content (AvgIpc) is 2.91. The van der Waals surface area contributed by atoms with Crippen LogP contribution in [0.2, 0.25) is 5.02 Å². The maximum absolute atomic E-state index is 12.5. The number of H-pyrrole nitrogens is 1. The van der Waals surface area contributed by atoms with Crippen molar-refractivity contribution in [2.24, 2.45) is 0 Å². The van der Waals surface area contributed by atoms with Crippen LogP contribution in [-0.2, 0) is 14.3 Å². The number of carboxylic acids is 1. The van der Waals surface area contributed by atoms with E-state index in [4.69, 9.17) is 26.2 Å². The van der Waals surface area contributed by atoms with Gasteiger partial charge in [-0.2, -0.15) is 0 Å². The van der Waals surface area contributed by atoms with Crippen LogP contribution in [0.15, 0.2) is 24.3 Å². The van der Waals surface area contributed by atoms with E-state index >= 15 is 0 Å². The van der Waals surface area contributed by atoms with E-state index < -0.39 is 18.7 Å². The number of aromatic nitrogens is 1. The number of ether oxygens (including phenoxy) is 2. The molecule has 0 saturated carbocycles. The highest BCUT2D eigenvalue weighted by atomic mass is 35.5. The molecule has 1 aliphatic rings. The van der Waals surface area contributed by atoms with E-state index in [-0.39, 0.29) is 24.2 Å². The zero-order chi connectivity index (χ0) is 17.1. The Morgan fingerprint density at radius 3 is 2.96 bits per heavy atom. The van der Waals surface area contributed by atoms with E-state index in [1.807, 2.05) is 24.3 Å². The number of carbonyl (C=O) groups is 2. The summed E-state index contributed by atoms with van der Waals surface area (Å²) < 4.78 is 10.6. The van der Waals surface area contributed by atoms with Crippen LogP contribution in [-0.4, -0.2) is 53.9 Å². The molecule has 2 atom stereocenters. The molecule has 1 amide bonds. The van der Waals surface area contributed by atoms with Crippen LogP contribution in [0.25, 0.3) is 10.9 Å². The second-order valence-corrected chi connectivity index (χ2v) is 5.92. The number of carboxylic acid groups (broad SMARTS) is 1. The maximum Gasteiger partial charge on any atom is 0.329 e. The van der Waals surface area contributed by atoms with Gasteiger partial charge >= 0.3 is 5.97 Å². The van der Waals surface area contributed by atoms with Crippen molar-refractivity contribution in [2.45, 2.75) is 18.6 Å². The summed E-state index contributed by atoms with van der Waals surface area (Å²) in [5, 5.41) is 12.7. The van der Waals surface area contributed by atoms with E-state index in [9.17, 15) is 9.59 Å². The molecule has 1 aromatic heterocycles. The second-order valence-electron chi connectivity index (χ2n) is 5.55. The number of aromatic amines is 1. The number of aliphatic carboxylic acids is 1.